The molecule has 0 radical (unpaired) electrons. The average Bonchev–Trinajstić information content (AvgIpc) is 2.05. The van der Waals surface area contributed by atoms with Gasteiger partial charge in [0.2, 0.25) is 0 Å². The Morgan fingerprint density at radius 1 is 1.50 bits per heavy atom. The van der Waals surface area contributed by atoms with Crippen LogP contribution in [0.15, 0.2) is 11.0 Å². The van der Waals surface area contributed by atoms with E-state index < -0.39 is 0 Å². The Balaban J connectivity index is 3.14. The van der Waals surface area contributed by atoms with Gasteiger partial charge in [0.05, 0.1) is 5.69 Å². The Morgan fingerprint density at radius 2 is 2.17 bits per heavy atom. The monoisotopic (exact) mass is 167 g/mol. The molecule has 1 aromatic rings. The van der Waals surface area contributed by atoms with Crippen LogP contribution in [0.5, 0.6) is 0 Å². The summed E-state index contributed by atoms with van der Waals surface area (Å²) in [6.07, 6.45) is 1.76. The molecule has 4 nitrogen and oxygen atoms in total. The zero-order chi connectivity index (χ0) is 9.14. The maximum Gasteiger partial charge on any atom is 0.366 e. The van der Waals surface area contributed by atoms with Crippen LogP contribution >= 0.6 is 0 Å². The van der Waals surface area contributed by atoms with Crippen LogP contribution in [-0.2, 0) is 6.54 Å². The molecule has 4 heteroatoms. The molecule has 0 spiro atoms. The molecule has 1 aromatic heterocycles. The lowest BCUT2D eigenvalue weighted by molar-refractivity contribution is 0.635. The van der Waals surface area contributed by atoms with Gasteiger partial charge in [-0.25, -0.2) is 4.79 Å². The maximum atomic E-state index is 11.0. The fraction of sp³-hybridized carbons (Fsp3) is 0.625. The summed E-state index contributed by atoms with van der Waals surface area (Å²) in [4.78, 5) is 11.0. The Morgan fingerprint density at radius 3 is 2.67 bits per heavy atom. The lowest BCUT2D eigenvalue weighted by Crippen LogP contribution is -2.24. The van der Waals surface area contributed by atoms with Crippen molar-refractivity contribution in [3.05, 3.63) is 22.4 Å². The molecule has 0 bridgehead atoms. The molecular formula is C8H13N3O. The van der Waals surface area contributed by atoms with Crippen LogP contribution in [0.1, 0.15) is 32.4 Å². The molecule has 0 aliphatic heterocycles. The van der Waals surface area contributed by atoms with Gasteiger partial charge in [0.15, 0.2) is 0 Å². The zero-order valence-electron chi connectivity index (χ0n) is 7.61. The van der Waals surface area contributed by atoms with E-state index in [4.69, 9.17) is 0 Å². The third-order valence-electron chi connectivity index (χ3n) is 1.72. The molecular weight excluding hydrogens is 154 g/mol. The van der Waals surface area contributed by atoms with Crippen LogP contribution in [-0.4, -0.2) is 14.8 Å². The first-order chi connectivity index (χ1) is 5.65. The molecule has 1 heterocycles. The van der Waals surface area contributed by atoms with Gasteiger partial charge in [0.1, 0.15) is 0 Å². The predicted molar refractivity (Wildman–Crippen MR) is 46.1 cm³/mol. The van der Waals surface area contributed by atoms with Crippen molar-refractivity contribution in [1.29, 1.82) is 0 Å². The standard InChI is InChI=1S/C8H13N3O/c1-4-11-5-7(6(2)3)9-10-8(11)12/h5-6H,4H2,1-3H3. The minimum Gasteiger partial charge on any atom is -0.296 e. The quantitative estimate of drug-likeness (QED) is 0.654. The summed E-state index contributed by atoms with van der Waals surface area (Å²) < 4.78 is 1.56. The van der Waals surface area contributed by atoms with E-state index in [-0.39, 0.29) is 5.69 Å². The summed E-state index contributed by atoms with van der Waals surface area (Å²) in [5.41, 5.74) is 0.582. The molecule has 0 amide bonds. The highest BCUT2D eigenvalue weighted by molar-refractivity contribution is 4.98. The Kier molecular flexibility index (Phi) is 2.58. The van der Waals surface area contributed by atoms with Crippen molar-refractivity contribution >= 4 is 0 Å². The van der Waals surface area contributed by atoms with E-state index in [0.29, 0.717) is 12.5 Å². The maximum absolute atomic E-state index is 11.0. The summed E-state index contributed by atoms with van der Waals surface area (Å²) in [5, 5.41) is 7.33. The predicted octanol–water partition coefficient (Wildman–Crippen LogP) is 0.782. The highest BCUT2D eigenvalue weighted by Crippen LogP contribution is 2.06. The third kappa shape index (κ3) is 1.69. The van der Waals surface area contributed by atoms with Gasteiger partial charge in [-0.3, -0.25) is 4.57 Å². The average molecular weight is 167 g/mol. The normalized spacial score (nSPS) is 10.7. The smallest absolute Gasteiger partial charge is 0.296 e. The van der Waals surface area contributed by atoms with Crippen LogP contribution in [0.2, 0.25) is 0 Å². The van der Waals surface area contributed by atoms with Gasteiger partial charge in [-0.2, -0.15) is 0 Å². The number of aromatic nitrogens is 3. The summed E-state index contributed by atoms with van der Waals surface area (Å²) in [5.74, 6) is 0.316. The van der Waals surface area contributed by atoms with Gasteiger partial charge >= 0.3 is 5.69 Å². The Bertz CT molecular complexity index is 316. The fourth-order valence-electron chi connectivity index (χ4n) is 0.890. The minimum atomic E-state index is -0.276. The second kappa shape index (κ2) is 3.47. The summed E-state index contributed by atoms with van der Waals surface area (Å²) >= 11 is 0. The first-order valence-corrected chi connectivity index (χ1v) is 4.09. The van der Waals surface area contributed by atoms with Gasteiger partial charge in [-0.15, -0.1) is 5.10 Å². The molecule has 12 heavy (non-hydrogen) atoms. The zero-order valence-corrected chi connectivity index (χ0v) is 7.61. The van der Waals surface area contributed by atoms with Gasteiger partial charge < -0.3 is 0 Å². The van der Waals surface area contributed by atoms with Gasteiger partial charge in [-0.05, 0) is 12.8 Å². The molecule has 0 unspecified atom stereocenters. The van der Waals surface area contributed by atoms with Crippen molar-refractivity contribution in [3.63, 3.8) is 0 Å². The molecule has 0 saturated heterocycles. The van der Waals surface area contributed by atoms with Crippen LogP contribution in [0, 0.1) is 0 Å². The largest absolute Gasteiger partial charge is 0.366 e. The van der Waals surface area contributed by atoms with E-state index in [0.717, 1.165) is 5.69 Å². The molecule has 0 saturated carbocycles. The van der Waals surface area contributed by atoms with Crippen molar-refractivity contribution < 1.29 is 0 Å². The van der Waals surface area contributed by atoms with Crippen LogP contribution < -0.4 is 5.69 Å². The second-order valence-corrected chi connectivity index (χ2v) is 2.98. The van der Waals surface area contributed by atoms with Gasteiger partial charge in [-0.1, -0.05) is 18.9 Å². The van der Waals surface area contributed by atoms with Gasteiger partial charge in [0.25, 0.3) is 0 Å². The molecule has 0 aromatic carbocycles. The lowest BCUT2D eigenvalue weighted by Gasteiger charge is -2.05. The van der Waals surface area contributed by atoms with Crippen molar-refractivity contribution in [2.45, 2.75) is 33.2 Å². The van der Waals surface area contributed by atoms with Crippen molar-refractivity contribution in [3.8, 4) is 0 Å². The summed E-state index contributed by atoms with van der Waals surface area (Å²) in [7, 11) is 0. The first kappa shape index (κ1) is 8.90. The van der Waals surface area contributed by atoms with E-state index >= 15 is 0 Å². The van der Waals surface area contributed by atoms with Crippen molar-refractivity contribution in [2.24, 2.45) is 0 Å². The molecule has 1 rings (SSSR count). The minimum absolute atomic E-state index is 0.276. The van der Waals surface area contributed by atoms with Crippen LogP contribution in [0.4, 0.5) is 0 Å². The number of hydrogen-bond acceptors (Lipinski definition) is 3. The van der Waals surface area contributed by atoms with Crippen LogP contribution in [0.3, 0.4) is 0 Å². The lowest BCUT2D eigenvalue weighted by atomic mass is 10.1. The Hall–Kier alpha value is -1.19. The van der Waals surface area contributed by atoms with E-state index in [1.165, 1.54) is 0 Å². The molecule has 0 aliphatic carbocycles. The number of aryl methyl sites for hydroxylation is 1. The van der Waals surface area contributed by atoms with E-state index in [2.05, 4.69) is 10.2 Å². The van der Waals surface area contributed by atoms with Gasteiger partial charge in [0, 0.05) is 12.7 Å². The van der Waals surface area contributed by atoms with E-state index in [1.54, 1.807) is 10.8 Å². The highest BCUT2D eigenvalue weighted by atomic mass is 16.1. The topological polar surface area (TPSA) is 47.8 Å². The van der Waals surface area contributed by atoms with Crippen molar-refractivity contribution in [1.82, 2.24) is 14.8 Å². The molecule has 0 N–H and O–H groups in total. The van der Waals surface area contributed by atoms with Crippen LogP contribution in [0.25, 0.3) is 0 Å². The third-order valence-corrected chi connectivity index (χ3v) is 1.72. The molecule has 0 aliphatic rings. The Labute approximate surface area is 71.3 Å². The van der Waals surface area contributed by atoms with E-state index in [1.807, 2.05) is 20.8 Å². The fourth-order valence-corrected chi connectivity index (χ4v) is 0.890. The molecule has 66 valence electrons. The number of hydrogen-bond donors (Lipinski definition) is 0. The second-order valence-electron chi connectivity index (χ2n) is 2.98. The SMILES string of the molecule is CCn1cc(C(C)C)nnc1=O. The van der Waals surface area contributed by atoms with E-state index in [9.17, 15) is 4.79 Å². The van der Waals surface area contributed by atoms with Crippen molar-refractivity contribution in [2.75, 3.05) is 0 Å². The molecule has 0 atom stereocenters. The molecule has 0 fully saturated rings. The summed E-state index contributed by atoms with van der Waals surface area (Å²) in [6, 6.07) is 0. The number of nitrogens with zero attached hydrogens (tertiary/aromatic N) is 3. The summed E-state index contributed by atoms with van der Waals surface area (Å²) in [6.45, 7) is 6.60. The highest BCUT2D eigenvalue weighted by Gasteiger charge is 2.03. The first-order valence-electron chi connectivity index (χ1n) is 4.09. The number of rotatable bonds is 2.